The van der Waals surface area contributed by atoms with Crippen molar-refractivity contribution in [2.24, 2.45) is 5.92 Å². The van der Waals surface area contributed by atoms with Crippen molar-refractivity contribution in [1.82, 2.24) is 4.98 Å². The Kier molecular flexibility index (Phi) is 3.15. The Hall–Kier alpha value is -0.760. The van der Waals surface area contributed by atoms with Crippen molar-refractivity contribution in [3.05, 3.63) is 23.5 Å². The van der Waals surface area contributed by atoms with Crippen LogP contribution in [0.15, 0.2) is 12.3 Å². The van der Waals surface area contributed by atoms with Crippen molar-refractivity contribution in [2.45, 2.75) is 25.6 Å². The van der Waals surface area contributed by atoms with Crippen LogP contribution in [0.4, 0.5) is 5.69 Å². The molecule has 1 aromatic heterocycles. The number of hydrogen-bond donors (Lipinski definition) is 0. The average molecular weight is 225 g/mol. The molecular weight excluding hydrogens is 208 g/mol. The van der Waals surface area contributed by atoms with E-state index in [9.17, 15) is 0 Å². The van der Waals surface area contributed by atoms with E-state index in [1.54, 1.807) is 0 Å². The summed E-state index contributed by atoms with van der Waals surface area (Å²) in [5.41, 5.74) is 3.43. The van der Waals surface area contributed by atoms with Gasteiger partial charge in [0.15, 0.2) is 0 Å². The maximum Gasteiger partial charge on any atom is 0.0509 e. The normalized spacial score (nSPS) is 15.4. The Morgan fingerprint density at radius 2 is 2.27 bits per heavy atom. The van der Waals surface area contributed by atoms with Crippen LogP contribution in [0.25, 0.3) is 0 Å². The number of nitrogens with zero attached hydrogens (tertiary/aromatic N) is 2. The van der Waals surface area contributed by atoms with E-state index in [4.69, 9.17) is 11.6 Å². The van der Waals surface area contributed by atoms with Gasteiger partial charge in [0.1, 0.15) is 0 Å². The zero-order valence-corrected chi connectivity index (χ0v) is 10.1. The van der Waals surface area contributed by atoms with Crippen molar-refractivity contribution in [1.29, 1.82) is 0 Å². The molecule has 0 saturated heterocycles. The first-order valence-electron chi connectivity index (χ1n) is 5.43. The third-order valence-electron chi connectivity index (χ3n) is 2.88. The predicted molar refractivity (Wildman–Crippen MR) is 64.5 cm³/mol. The van der Waals surface area contributed by atoms with Crippen LogP contribution in [0.2, 0.25) is 0 Å². The number of aryl methyl sites for hydroxylation is 1. The van der Waals surface area contributed by atoms with Crippen LogP contribution in [0.3, 0.4) is 0 Å². The van der Waals surface area contributed by atoms with Gasteiger partial charge in [-0.2, -0.15) is 0 Å². The maximum absolute atomic E-state index is 5.91. The van der Waals surface area contributed by atoms with Crippen LogP contribution in [0.5, 0.6) is 0 Å². The quantitative estimate of drug-likeness (QED) is 0.731. The lowest BCUT2D eigenvalue weighted by molar-refractivity contribution is 0.783. The second-order valence-corrected chi connectivity index (χ2v) is 4.68. The Morgan fingerprint density at radius 3 is 2.87 bits per heavy atom. The molecule has 0 amide bonds. The molecule has 0 N–H and O–H groups in total. The van der Waals surface area contributed by atoms with Gasteiger partial charge in [0.2, 0.25) is 0 Å². The first kappa shape index (κ1) is 10.7. The number of anilines is 1. The van der Waals surface area contributed by atoms with Crippen molar-refractivity contribution < 1.29 is 0 Å². The van der Waals surface area contributed by atoms with Crippen molar-refractivity contribution in [2.75, 3.05) is 18.5 Å². The summed E-state index contributed by atoms with van der Waals surface area (Å²) in [6, 6.07) is 2.13. The third kappa shape index (κ3) is 2.63. The third-order valence-corrected chi connectivity index (χ3v) is 3.17. The smallest absolute Gasteiger partial charge is 0.0509 e. The molecule has 82 valence electrons. The Bertz CT molecular complexity index is 347. The van der Waals surface area contributed by atoms with Crippen molar-refractivity contribution in [3.8, 4) is 0 Å². The number of alkyl halides is 1. The monoisotopic (exact) mass is 224 g/mol. The largest absolute Gasteiger partial charge is 0.374 e. The van der Waals surface area contributed by atoms with Gasteiger partial charge in [-0.25, -0.2) is 0 Å². The number of pyridine rings is 1. The highest BCUT2D eigenvalue weighted by molar-refractivity contribution is 6.17. The molecule has 3 heteroatoms. The first-order chi connectivity index (χ1) is 7.20. The number of aromatic nitrogens is 1. The number of halogens is 1. The summed E-state index contributed by atoms with van der Waals surface area (Å²) in [4.78, 5) is 6.59. The highest BCUT2D eigenvalue weighted by Gasteiger charge is 2.23. The SMILES string of the molecule is Cc1cc(N(C)CC2CC2)c(CCl)cn1. The summed E-state index contributed by atoms with van der Waals surface area (Å²) in [6.07, 6.45) is 4.65. The van der Waals surface area contributed by atoms with Crippen LogP contribution in [0, 0.1) is 12.8 Å². The molecule has 0 atom stereocenters. The summed E-state index contributed by atoms with van der Waals surface area (Å²) in [5.74, 6) is 1.43. The van der Waals surface area contributed by atoms with Crippen LogP contribution in [-0.4, -0.2) is 18.6 Å². The molecule has 1 aliphatic rings. The highest BCUT2D eigenvalue weighted by Crippen LogP contribution is 2.32. The zero-order valence-electron chi connectivity index (χ0n) is 9.33. The molecule has 1 aromatic rings. The lowest BCUT2D eigenvalue weighted by atomic mass is 10.2. The van der Waals surface area contributed by atoms with E-state index in [2.05, 4.69) is 23.0 Å². The summed E-state index contributed by atoms with van der Waals surface area (Å²) in [5, 5.41) is 0. The molecule has 1 saturated carbocycles. The van der Waals surface area contributed by atoms with Crippen LogP contribution in [0.1, 0.15) is 24.1 Å². The van der Waals surface area contributed by atoms with Gasteiger partial charge in [-0.1, -0.05) is 0 Å². The number of hydrogen-bond acceptors (Lipinski definition) is 2. The van der Waals surface area contributed by atoms with E-state index in [0.29, 0.717) is 5.88 Å². The average Bonchev–Trinajstić information content (AvgIpc) is 3.01. The standard InChI is InChI=1S/C12H17ClN2/c1-9-5-12(11(6-13)7-14-9)15(2)8-10-3-4-10/h5,7,10H,3-4,6,8H2,1-2H3. The van der Waals surface area contributed by atoms with Gasteiger partial charge in [-0.15, -0.1) is 11.6 Å². The summed E-state index contributed by atoms with van der Waals surface area (Å²) in [6.45, 7) is 3.17. The van der Waals surface area contributed by atoms with E-state index in [1.807, 2.05) is 13.1 Å². The maximum atomic E-state index is 5.91. The summed E-state index contributed by atoms with van der Waals surface area (Å²) in [7, 11) is 2.14. The van der Waals surface area contributed by atoms with Gasteiger partial charge in [0, 0.05) is 36.7 Å². The molecule has 2 nitrogen and oxygen atoms in total. The molecule has 1 fully saturated rings. The molecule has 15 heavy (non-hydrogen) atoms. The Morgan fingerprint density at radius 1 is 1.53 bits per heavy atom. The van der Waals surface area contributed by atoms with Gasteiger partial charge < -0.3 is 4.90 Å². The first-order valence-corrected chi connectivity index (χ1v) is 5.96. The molecule has 0 aromatic carbocycles. The fourth-order valence-electron chi connectivity index (χ4n) is 1.82. The second kappa shape index (κ2) is 4.40. The molecule has 1 heterocycles. The minimum absolute atomic E-state index is 0.539. The highest BCUT2D eigenvalue weighted by atomic mass is 35.5. The molecular formula is C12H17ClN2. The van der Waals surface area contributed by atoms with Crippen LogP contribution >= 0.6 is 11.6 Å². The molecule has 0 unspecified atom stereocenters. The van der Waals surface area contributed by atoms with E-state index >= 15 is 0 Å². The Labute approximate surface area is 96.3 Å². The van der Waals surface area contributed by atoms with Gasteiger partial charge in [0.05, 0.1) is 5.88 Å². The van der Waals surface area contributed by atoms with Crippen molar-refractivity contribution >= 4 is 17.3 Å². The molecule has 0 radical (unpaired) electrons. The van der Waals surface area contributed by atoms with Gasteiger partial charge >= 0.3 is 0 Å². The fourth-order valence-corrected chi connectivity index (χ4v) is 2.02. The molecule has 0 aliphatic heterocycles. The Balaban J connectivity index is 2.18. The summed E-state index contributed by atoms with van der Waals surface area (Å²) >= 11 is 5.91. The van der Waals surface area contributed by atoms with Crippen LogP contribution in [-0.2, 0) is 5.88 Å². The topological polar surface area (TPSA) is 16.1 Å². The number of rotatable bonds is 4. The minimum Gasteiger partial charge on any atom is -0.374 e. The van der Waals surface area contributed by atoms with E-state index in [0.717, 1.165) is 23.7 Å². The molecule has 2 rings (SSSR count). The van der Waals surface area contributed by atoms with E-state index < -0.39 is 0 Å². The molecule has 0 spiro atoms. The summed E-state index contributed by atoms with van der Waals surface area (Å²) < 4.78 is 0. The zero-order chi connectivity index (χ0) is 10.8. The van der Waals surface area contributed by atoms with Crippen LogP contribution < -0.4 is 4.90 Å². The fraction of sp³-hybridized carbons (Fsp3) is 0.583. The predicted octanol–water partition coefficient (Wildman–Crippen LogP) is 2.98. The van der Waals surface area contributed by atoms with E-state index in [-0.39, 0.29) is 0 Å². The molecule has 1 aliphatic carbocycles. The van der Waals surface area contributed by atoms with Gasteiger partial charge in [-0.3, -0.25) is 4.98 Å². The lowest BCUT2D eigenvalue weighted by Crippen LogP contribution is -2.21. The van der Waals surface area contributed by atoms with E-state index in [1.165, 1.54) is 18.5 Å². The molecule has 0 bridgehead atoms. The van der Waals surface area contributed by atoms with Crippen molar-refractivity contribution in [3.63, 3.8) is 0 Å². The minimum atomic E-state index is 0.539. The lowest BCUT2D eigenvalue weighted by Gasteiger charge is -2.21. The second-order valence-electron chi connectivity index (χ2n) is 4.41. The van der Waals surface area contributed by atoms with Gasteiger partial charge in [-0.05, 0) is 31.7 Å². The van der Waals surface area contributed by atoms with Gasteiger partial charge in [0.25, 0.3) is 0 Å².